The Bertz CT molecular complexity index is 489. The van der Waals surface area contributed by atoms with Crippen molar-refractivity contribution in [2.24, 2.45) is 0 Å². The van der Waals surface area contributed by atoms with Crippen LogP contribution in [0, 0.1) is 0 Å². The lowest BCUT2D eigenvalue weighted by atomic mass is 10.1. The maximum absolute atomic E-state index is 12.4. The minimum absolute atomic E-state index is 0.262. The third-order valence-corrected chi connectivity index (χ3v) is 1.77. The summed E-state index contributed by atoms with van der Waals surface area (Å²) in [5.74, 6) is -1.23. The fourth-order valence-electron chi connectivity index (χ4n) is 1.20. The van der Waals surface area contributed by atoms with E-state index in [2.05, 4.69) is 4.74 Å². The highest BCUT2D eigenvalue weighted by molar-refractivity contribution is 5.31. The second kappa shape index (κ2) is 4.52. The molecule has 10 heteroatoms. The van der Waals surface area contributed by atoms with Gasteiger partial charge in [-0.15, -0.1) is 13.2 Å². The van der Waals surface area contributed by atoms with Gasteiger partial charge in [0.1, 0.15) is 5.56 Å². The standard InChI is InChI=1S/C8H5F6NO3/c9-7(10,11)5-3(2-16)1-4(15-6(5)17)18-8(12,13)14/h1,16H,2H2,(H,15,17). The van der Waals surface area contributed by atoms with E-state index in [1.165, 1.54) is 4.98 Å². The van der Waals surface area contributed by atoms with Gasteiger partial charge in [-0.3, -0.25) is 9.78 Å². The first-order valence-electron chi connectivity index (χ1n) is 4.24. The van der Waals surface area contributed by atoms with Gasteiger partial charge in [-0.25, -0.2) is 0 Å². The van der Waals surface area contributed by atoms with Gasteiger partial charge < -0.3 is 9.84 Å². The van der Waals surface area contributed by atoms with Crippen molar-refractivity contribution in [2.45, 2.75) is 19.1 Å². The monoisotopic (exact) mass is 277 g/mol. The van der Waals surface area contributed by atoms with Crippen LogP contribution in [-0.2, 0) is 12.8 Å². The van der Waals surface area contributed by atoms with Crippen LogP contribution in [0.1, 0.15) is 11.1 Å². The number of pyridine rings is 1. The molecule has 0 radical (unpaired) electrons. The number of ether oxygens (including phenoxy) is 1. The molecule has 0 aromatic carbocycles. The van der Waals surface area contributed by atoms with Crippen LogP contribution in [0.5, 0.6) is 5.88 Å². The molecule has 1 aromatic heterocycles. The molecule has 0 aliphatic carbocycles. The summed E-state index contributed by atoms with van der Waals surface area (Å²) in [6.07, 6.45) is -10.3. The predicted octanol–water partition coefficient (Wildman–Crippen LogP) is 1.78. The molecule has 1 aromatic rings. The first-order valence-corrected chi connectivity index (χ1v) is 4.24. The molecule has 1 rings (SSSR count). The molecular formula is C8H5F6NO3. The number of aromatic amines is 1. The lowest BCUT2D eigenvalue weighted by Gasteiger charge is -2.13. The molecule has 102 valence electrons. The number of aliphatic hydroxyl groups is 1. The number of nitrogens with one attached hydrogen (secondary N) is 1. The third kappa shape index (κ3) is 3.39. The molecule has 1 heterocycles. The number of hydrogen-bond donors (Lipinski definition) is 2. The quantitative estimate of drug-likeness (QED) is 0.810. The molecule has 2 N–H and O–H groups in total. The Morgan fingerprint density at radius 1 is 1.22 bits per heavy atom. The van der Waals surface area contributed by atoms with Crippen LogP contribution in [0.25, 0.3) is 0 Å². The summed E-state index contributed by atoms with van der Waals surface area (Å²) >= 11 is 0. The normalized spacial score (nSPS) is 12.6. The second-order valence-electron chi connectivity index (χ2n) is 3.07. The molecule has 0 saturated heterocycles. The van der Waals surface area contributed by atoms with E-state index < -0.39 is 41.7 Å². The molecule has 0 unspecified atom stereocenters. The van der Waals surface area contributed by atoms with Crippen molar-refractivity contribution >= 4 is 0 Å². The van der Waals surface area contributed by atoms with Gasteiger partial charge in [0, 0.05) is 11.6 Å². The molecule has 4 nitrogen and oxygen atoms in total. The average molecular weight is 277 g/mol. The summed E-state index contributed by atoms with van der Waals surface area (Å²) in [5.41, 5.74) is -4.60. The molecule has 0 atom stereocenters. The zero-order valence-electron chi connectivity index (χ0n) is 8.32. The van der Waals surface area contributed by atoms with Gasteiger partial charge in [-0.05, 0) is 0 Å². The Kier molecular flexibility index (Phi) is 3.60. The summed E-state index contributed by atoms with van der Waals surface area (Å²) < 4.78 is 75.8. The fourth-order valence-corrected chi connectivity index (χ4v) is 1.20. The Balaban J connectivity index is 3.33. The lowest BCUT2D eigenvalue weighted by molar-refractivity contribution is -0.276. The van der Waals surface area contributed by atoms with Gasteiger partial charge in [0.2, 0.25) is 5.88 Å². The number of halogens is 6. The Labute approximate surface area is 94.8 Å². The van der Waals surface area contributed by atoms with E-state index in [1.54, 1.807) is 0 Å². The smallest absolute Gasteiger partial charge is 0.392 e. The zero-order valence-corrected chi connectivity index (χ0v) is 8.32. The van der Waals surface area contributed by atoms with E-state index in [0.29, 0.717) is 0 Å². The van der Waals surface area contributed by atoms with Crippen LogP contribution in [-0.4, -0.2) is 16.5 Å². The maximum atomic E-state index is 12.4. The van der Waals surface area contributed by atoms with Gasteiger partial charge in [0.15, 0.2) is 0 Å². The Morgan fingerprint density at radius 3 is 2.17 bits per heavy atom. The first-order chi connectivity index (χ1) is 8.04. The number of aromatic nitrogens is 1. The van der Waals surface area contributed by atoms with Crippen LogP contribution in [0.15, 0.2) is 10.9 Å². The lowest BCUT2D eigenvalue weighted by Crippen LogP contribution is -2.26. The fraction of sp³-hybridized carbons (Fsp3) is 0.375. The third-order valence-electron chi connectivity index (χ3n) is 1.77. The molecule has 0 aliphatic rings. The van der Waals surface area contributed by atoms with Crippen molar-refractivity contribution < 1.29 is 36.2 Å². The highest BCUT2D eigenvalue weighted by atomic mass is 19.4. The molecule has 18 heavy (non-hydrogen) atoms. The van der Waals surface area contributed by atoms with Crippen molar-refractivity contribution in [1.29, 1.82) is 0 Å². The number of rotatable bonds is 2. The van der Waals surface area contributed by atoms with Crippen molar-refractivity contribution in [2.75, 3.05) is 0 Å². The van der Waals surface area contributed by atoms with E-state index >= 15 is 0 Å². The first kappa shape index (κ1) is 14.4. The van der Waals surface area contributed by atoms with Crippen molar-refractivity contribution in [3.8, 4) is 5.88 Å². The minimum Gasteiger partial charge on any atom is -0.392 e. The Hall–Kier alpha value is -1.71. The summed E-state index contributed by atoms with van der Waals surface area (Å²) in [4.78, 5) is 12.3. The van der Waals surface area contributed by atoms with E-state index in [9.17, 15) is 31.1 Å². The van der Waals surface area contributed by atoms with Crippen LogP contribution < -0.4 is 10.3 Å². The number of alkyl halides is 6. The topological polar surface area (TPSA) is 62.3 Å². The molecule has 0 aliphatic heterocycles. The van der Waals surface area contributed by atoms with Crippen molar-refractivity contribution in [3.63, 3.8) is 0 Å². The van der Waals surface area contributed by atoms with Crippen LogP contribution >= 0.6 is 0 Å². The molecular weight excluding hydrogens is 272 g/mol. The summed E-state index contributed by atoms with van der Waals surface area (Å²) in [7, 11) is 0. The molecule has 0 bridgehead atoms. The van der Waals surface area contributed by atoms with Crippen molar-refractivity contribution in [3.05, 3.63) is 27.5 Å². The zero-order chi connectivity index (χ0) is 14.1. The SMILES string of the molecule is O=c1[nH]c(OC(F)(F)F)cc(CO)c1C(F)(F)F. The molecule has 0 saturated carbocycles. The Morgan fingerprint density at radius 2 is 1.78 bits per heavy atom. The van der Waals surface area contributed by atoms with Crippen molar-refractivity contribution in [1.82, 2.24) is 4.98 Å². The number of H-pyrrole nitrogens is 1. The van der Waals surface area contributed by atoms with Gasteiger partial charge in [-0.1, -0.05) is 0 Å². The average Bonchev–Trinajstić information content (AvgIpc) is 2.11. The van der Waals surface area contributed by atoms with Crippen LogP contribution in [0.3, 0.4) is 0 Å². The largest absolute Gasteiger partial charge is 0.574 e. The van der Waals surface area contributed by atoms with Gasteiger partial charge in [-0.2, -0.15) is 13.2 Å². The summed E-state index contributed by atoms with van der Waals surface area (Å²) in [6, 6.07) is 0.262. The van der Waals surface area contributed by atoms with Gasteiger partial charge in [0.25, 0.3) is 5.56 Å². The predicted molar refractivity (Wildman–Crippen MR) is 44.7 cm³/mol. The van der Waals surface area contributed by atoms with E-state index in [1.807, 2.05) is 0 Å². The van der Waals surface area contributed by atoms with Crippen LogP contribution in [0.2, 0.25) is 0 Å². The molecule has 0 spiro atoms. The second-order valence-corrected chi connectivity index (χ2v) is 3.07. The molecule has 0 fully saturated rings. The van der Waals surface area contributed by atoms with E-state index in [4.69, 9.17) is 5.11 Å². The van der Waals surface area contributed by atoms with E-state index in [-0.39, 0.29) is 6.07 Å². The summed E-state index contributed by atoms with van der Waals surface area (Å²) in [6.45, 7) is -1.26. The maximum Gasteiger partial charge on any atom is 0.574 e. The molecule has 0 amide bonds. The van der Waals surface area contributed by atoms with Gasteiger partial charge >= 0.3 is 12.5 Å². The van der Waals surface area contributed by atoms with Gasteiger partial charge in [0.05, 0.1) is 6.61 Å². The summed E-state index contributed by atoms with van der Waals surface area (Å²) in [5, 5.41) is 8.64. The highest BCUT2D eigenvalue weighted by Crippen LogP contribution is 2.31. The highest BCUT2D eigenvalue weighted by Gasteiger charge is 2.38. The van der Waals surface area contributed by atoms with E-state index in [0.717, 1.165) is 0 Å². The number of aliphatic hydroxyl groups excluding tert-OH is 1. The minimum atomic E-state index is -5.17. The van der Waals surface area contributed by atoms with Crippen LogP contribution in [0.4, 0.5) is 26.3 Å². The number of hydrogen-bond acceptors (Lipinski definition) is 3.